The molecule has 0 radical (unpaired) electrons. The highest BCUT2D eigenvalue weighted by Crippen LogP contribution is 2.27. The normalized spacial score (nSPS) is 36.1. The first-order valence-electron chi connectivity index (χ1n) is 6.66. The van der Waals surface area contributed by atoms with Crippen LogP contribution >= 0.6 is 0 Å². The van der Waals surface area contributed by atoms with E-state index in [1.807, 2.05) is 13.0 Å². The van der Waals surface area contributed by atoms with Crippen LogP contribution in [0.4, 0.5) is 0 Å². The zero-order valence-electron chi connectivity index (χ0n) is 11.6. The molecule has 0 aliphatic heterocycles. The Hall–Kier alpha value is -0.920. The molecule has 0 spiro atoms. The molecular formula is C15H25NO. The maximum atomic E-state index is 11.0. The maximum absolute atomic E-state index is 11.0. The first-order chi connectivity index (χ1) is 7.97. The van der Waals surface area contributed by atoms with Crippen LogP contribution in [0.1, 0.15) is 53.4 Å². The monoisotopic (exact) mass is 235 g/mol. The quantitative estimate of drug-likeness (QED) is 0.496. The summed E-state index contributed by atoms with van der Waals surface area (Å²) in [4.78, 5) is 11.0. The number of nitrogens with zero attached hydrogens (tertiary/aromatic N) is 1. The molecule has 1 aliphatic carbocycles. The van der Waals surface area contributed by atoms with Crippen LogP contribution in [0.25, 0.3) is 0 Å². The molecule has 2 heteroatoms. The van der Waals surface area contributed by atoms with Crippen molar-refractivity contribution in [1.82, 2.24) is 0 Å². The highest BCUT2D eigenvalue weighted by atomic mass is 16.3. The van der Waals surface area contributed by atoms with Gasteiger partial charge in [0.2, 0.25) is 0 Å². The number of nitroso groups, excluding NO2 is 1. The van der Waals surface area contributed by atoms with Crippen molar-refractivity contribution in [2.75, 3.05) is 0 Å². The summed E-state index contributed by atoms with van der Waals surface area (Å²) in [5.74, 6) is 1.17. The number of allylic oxidation sites excluding steroid dienone is 3. The second-order valence-electron chi connectivity index (χ2n) is 5.84. The van der Waals surface area contributed by atoms with E-state index >= 15 is 0 Å². The van der Waals surface area contributed by atoms with Gasteiger partial charge in [0.1, 0.15) is 5.54 Å². The van der Waals surface area contributed by atoms with E-state index in [4.69, 9.17) is 0 Å². The van der Waals surface area contributed by atoms with Crippen LogP contribution in [0.15, 0.2) is 29.0 Å². The van der Waals surface area contributed by atoms with E-state index in [0.29, 0.717) is 11.8 Å². The maximum Gasteiger partial charge on any atom is 0.118 e. The van der Waals surface area contributed by atoms with E-state index in [2.05, 4.69) is 38.1 Å². The number of hydrogen-bond acceptors (Lipinski definition) is 2. The lowest BCUT2D eigenvalue weighted by molar-refractivity contribution is 0.426. The van der Waals surface area contributed by atoms with Crippen molar-refractivity contribution < 1.29 is 0 Å². The van der Waals surface area contributed by atoms with Crippen molar-refractivity contribution in [2.24, 2.45) is 17.0 Å². The molecule has 0 aromatic heterocycles. The summed E-state index contributed by atoms with van der Waals surface area (Å²) in [5.41, 5.74) is 0.917. The van der Waals surface area contributed by atoms with Crippen LogP contribution in [0.2, 0.25) is 0 Å². The molecule has 0 saturated heterocycles. The van der Waals surface area contributed by atoms with E-state index in [0.717, 1.165) is 12.8 Å². The predicted octanol–water partition coefficient (Wildman–Crippen LogP) is 4.86. The second-order valence-corrected chi connectivity index (χ2v) is 5.84. The van der Waals surface area contributed by atoms with Crippen molar-refractivity contribution in [3.8, 4) is 0 Å². The number of rotatable bonds is 2. The van der Waals surface area contributed by atoms with Gasteiger partial charge in [0, 0.05) is 0 Å². The molecule has 2 atom stereocenters. The Labute approximate surface area is 105 Å². The molecule has 0 fully saturated rings. The topological polar surface area (TPSA) is 29.4 Å². The van der Waals surface area contributed by atoms with Crippen LogP contribution < -0.4 is 0 Å². The minimum absolute atomic E-state index is 0.527. The van der Waals surface area contributed by atoms with Gasteiger partial charge in [-0.1, -0.05) is 42.8 Å². The van der Waals surface area contributed by atoms with Crippen molar-refractivity contribution in [1.29, 1.82) is 0 Å². The molecule has 17 heavy (non-hydrogen) atoms. The molecule has 0 heterocycles. The van der Waals surface area contributed by atoms with Crippen LogP contribution in [-0.4, -0.2) is 5.54 Å². The molecule has 0 amide bonds. The molecule has 0 N–H and O–H groups in total. The van der Waals surface area contributed by atoms with Crippen LogP contribution in [0.3, 0.4) is 0 Å². The van der Waals surface area contributed by atoms with Crippen molar-refractivity contribution in [3.63, 3.8) is 0 Å². The fourth-order valence-electron chi connectivity index (χ4n) is 2.25. The molecule has 0 saturated carbocycles. The van der Waals surface area contributed by atoms with Gasteiger partial charge >= 0.3 is 0 Å². The standard InChI is InChI=1S/C15H25NO/c1-12(2)14-8-7-13(3)6-5-10-15(4,16-17)11-9-14/h6,9,11-12,14H,5,7-8,10H2,1-4H3/b11-9+,13-6-/t14-,15-/m1/s1. The predicted molar refractivity (Wildman–Crippen MR) is 73.9 cm³/mol. The highest BCUT2D eigenvalue weighted by Gasteiger charge is 2.22. The molecule has 0 aromatic rings. The van der Waals surface area contributed by atoms with Gasteiger partial charge in [-0.3, -0.25) is 0 Å². The van der Waals surface area contributed by atoms with Gasteiger partial charge in [0.05, 0.1) is 0 Å². The van der Waals surface area contributed by atoms with E-state index in [1.165, 1.54) is 18.4 Å². The third-order valence-electron chi connectivity index (χ3n) is 3.78. The summed E-state index contributed by atoms with van der Waals surface area (Å²) in [6, 6.07) is 0. The zero-order valence-corrected chi connectivity index (χ0v) is 11.6. The van der Waals surface area contributed by atoms with Gasteiger partial charge in [0.25, 0.3) is 0 Å². The Morgan fingerprint density at radius 2 is 2.18 bits per heavy atom. The molecular weight excluding hydrogens is 210 g/mol. The molecule has 1 rings (SSSR count). The van der Waals surface area contributed by atoms with Crippen molar-refractivity contribution in [2.45, 2.75) is 58.9 Å². The molecule has 0 unspecified atom stereocenters. The Morgan fingerprint density at radius 1 is 1.47 bits per heavy atom. The molecule has 0 aromatic carbocycles. The smallest absolute Gasteiger partial charge is 0.118 e. The summed E-state index contributed by atoms with van der Waals surface area (Å²) < 4.78 is 0. The lowest BCUT2D eigenvalue weighted by atomic mass is 9.85. The minimum atomic E-state index is -0.527. The van der Waals surface area contributed by atoms with E-state index < -0.39 is 5.54 Å². The van der Waals surface area contributed by atoms with Crippen LogP contribution in [-0.2, 0) is 0 Å². The Bertz CT molecular complexity index is 317. The summed E-state index contributed by atoms with van der Waals surface area (Å²) in [6.45, 7) is 8.60. The van der Waals surface area contributed by atoms with Gasteiger partial charge < -0.3 is 0 Å². The summed E-state index contributed by atoms with van der Waals surface area (Å²) >= 11 is 0. The Morgan fingerprint density at radius 3 is 2.76 bits per heavy atom. The average Bonchev–Trinajstić information content (AvgIpc) is 2.28. The molecule has 0 bridgehead atoms. The first kappa shape index (κ1) is 14.1. The van der Waals surface area contributed by atoms with Gasteiger partial charge in [-0.2, -0.15) is 0 Å². The second kappa shape index (κ2) is 6.13. The highest BCUT2D eigenvalue weighted by molar-refractivity contribution is 5.10. The third kappa shape index (κ3) is 4.45. The van der Waals surface area contributed by atoms with E-state index in [1.54, 1.807) is 0 Å². The average molecular weight is 235 g/mol. The van der Waals surface area contributed by atoms with Crippen molar-refractivity contribution >= 4 is 0 Å². The number of hydrogen-bond donors (Lipinski definition) is 0. The van der Waals surface area contributed by atoms with Gasteiger partial charge in [-0.15, -0.1) is 4.91 Å². The molecule has 1 aliphatic rings. The summed E-state index contributed by atoms with van der Waals surface area (Å²) in [6.07, 6.45) is 10.6. The fourth-order valence-corrected chi connectivity index (χ4v) is 2.25. The SMILES string of the molecule is C/C1=C/CC[C@@](C)(N=O)/C=C/[C@H](C(C)C)CC1. The van der Waals surface area contributed by atoms with E-state index in [-0.39, 0.29) is 0 Å². The lowest BCUT2D eigenvalue weighted by Crippen LogP contribution is -2.19. The fraction of sp³-hybridized carbons (Fsp3) is 0.733. The Balaban J connectivity index is 2.88. The summed E-state index contributed by atoms with van der Waals surface area (Å²) in [7, 11) is 0. The van der Waals surface area contributed by atoms with Gasteiger partial charge in [0.15, 0.2) is 0 Å². The third-order valence-corrected chi connectivity index (χ3v) is 3.78. The van der Waals surface area contributed by atoms with Crippen molar-refractivity contribution in [3.05, 3.63) is 28.7 Å². The minimum Gasteiger partial charge on any atom is -0.150 e. The van der Waals surface area contributed by atoms with Crippen LogP contribution in [0.5, 0.6) is 0 Å². The van der Waals surface area contributed by atoms with Crippen LogP contribution in [0, 0.1) is 16.7 Å². The first-order valence-corrected chi connectivity index (χ1v) is 6.66. The largest absolute Gasteiger partial charge is 0.150 e. The van der Waals surface area contributed by atoms with E-state index in [9.17, 15) is 4.91 Å². The Kier molecular flexibility index (Phi) is 5.10. The zero-order chi connectivity index (χ0) is 12.9. The lowest BCUT2D eigenvalue weighted by Gasteiger charge is -2.22. The summed E-state index contributed by atoms with van der Waals surface area (Å²) in [5, 5.41) is 3.31. The van der Waals surface area contributed by atoms with Gasteiger partial charge in [-0.25, -0.2) is 0 Å². The molecule has 2 nitrogen and oxygen atoms in total. The van der Waals surface area contributed by atoms with Gasteiger partial charge in [-0.05, 0) is 51.4 Å². The molecule has 96 valence electrons.